The van der Waals surface area contributed by atoms with Crippen LogP contribution >= 0.6 is 23.1 Å². The number of aromatic nitrogens is 2. The van der Waals surface area contributed by atoms with Gasteiger partial charge < -0.3 is 10.1 Å². The molecule has 2 unspecified atom stereocenters. The van der Waals surface area contributed by atoms with Crippen molar-refractivity contribution in [3.63, 3.8) is 0 Å². The molecule has 170 valence electrons. The highest BCUT2D eigenvalue weighted by molar-refractivity contribution is 8.00. The fourth-order valence-electron chi connectivity index (χ4n) is 4.06. The maximum absolute atomic E-state index is 13.3. The van der Waals surface area contributed by atoms with E-state index >= 15 is 0 Å². The molecule has 0 saturated carbocycles. The second kappa shape index (κ2) is 9.67. The lowest BCUT2D eigenvalue weighted by Crippen LogP contribution is -2.31. The minimum atomic E-state index is -0.370. The molecule has 2 atom stereocenters. The number of rotatable bonds is 7. The first-order valence-corrected chi connectivity index (χ1v) is 12.7. The van der Waals surface area contributed by atoms with Crippen LogP contribution in [0, 0.1) is 5.92 Å². The monoisotopic (exact) mass is 471 g/mol. The number of thiophene rings is 1. The van der Waals surface area contributed by atoms with E-state index in [-0.39, 0.29) is 16.7 Å². The number of benzene rings is 1. The first-order valence-electron chi connectivity index (χ1n) is 11.0. The molecule has 3 aromatic rings. The maximum atomic E-state index is 13.3. The first-order chi connectivity index (χ1) is 15.4. The molecule has 1 aliphatic rings. The zero-order valence-electron chi connectivity index (χ0n) is 18.9. The van der Waals surface area contributed by atoms with E-state index in [1.807, 2.05) is 38.1 Å². The first kappa shape index (κ1) is 22.9. The Bertz CT molecular complexity index is 1180. The molecule has 2 aromatic heterocycles. The van der Waals surface area contributed by atoms with Gasteiger partial charge in [0.05, 0.1) is 17.7 Å². The number of ether oxygens (including phenoxy) is 1. The van der Waals surface area contributed by atoms with Crippen LogP contribution in [-0.4, -0.2) is 27.8 Å². The van der Waals surface area contributed by atoms with Gasteiger partial charge in [-0.1, -0.05) is 30.8 Å². The molecule has 32 heavy (non-hydrogen) atoms. The minimum absolute atomic E-state index is 0.0258. The molecule has 4 rings (SSSR count). The van der Waals surface area contributed by atoms with Gasteiger partial charge in [-0.3, -0.25) is 14.2 Å². The Morgan fingerprint density at radius 2 is 2.12 bits per heavy atom. The second-order valence-corrected chi connectivity index (χ2v) is 10.7. The summed E-state index contributed by atoms with van der Waals surface area (Å²) in [5.41, 5.74) is 2.22. The van der Waals surface area contributed by atoms with Crippen LogP contribution in [0.5, 0.6) is 5.75 Å². The summed E-state index contributed by atoms with van der Waals surface area (Å²) in [5.74, 6) is 1.35. The number of hydrogen-bond donors (Lipinski definition) is 1. The predicted octanol–water partition coefficient (Wildman–Crippen LogP) is 4.41. The molecule has 0 spiro atoms. The van der Waals surface area contributed by atoms with Crippen LogP contribution in [0.25, 0.3) is 10.2 Å². The van der Waals surface area contributed by atoms with Crippen LogP contribution in [0.2, 0.25) is 0 Å². The van der Waals surface area contributed by atoms with Crippen molar-refractivity contribution in [1.29, 1.82) is 0 Å². The standard InChI is InChI=1S/C24H29N3O3S2/c1-5-27-23(29)20-18-11-6-14(2)12-19(18)32-22(20)26-24(27)31-15(3)21(28)25-13-16-7-9-17(30-4)10-8-16/h7-10,14-15H,5-6,11-13H2,1-4H3,(H,25,28). The molecule has 0 radical (unpaired) electrons. The largest absolute Gasteiger partial charge is 0.497 e. The molecule has 0 saturated heterocycles. The summed E-state index contributed by atoms with van der Waals surface area (Å²) in [5, 5.41) is 4.01. The van der Waals surface area contributed by atoms with Crippen molar-refractivity contribution in [3.8, 4) is 5.75 Å². The lowest BCUT2D eigenvalue weighted by Gasteiger charge is -2.18. The molecule has 1 amide bonds. The van der Waals surface area contributed by atoms with E-state index < -0.39 is 0 Å². The Morgan fingerprint density at radius 3 is 2.81 bits per heavy atom. The summed E-state index contributed by atoms with van der Waals surface area (Å²) < 4.78 is 6.88. The Morgan fingerprint density at radius 1 is 1.38 bits per heavy atom. The number of methoxy groups -OCH3 is 1. The van der Waals surface area contributed by atoms with Crippen LogP contribution in [0.3, 0.4) is 0 Å². The van der Waals surface area contributed by atoms with Crippen LogP contribution in [0.15, 0.2) is 34.2 Å². The second-order valence-electron chi connectivity index (χ2n) is 8.30. The number of fused-ring (bicyclic) bond motifs is 3. The average Bonchev–Trinajstić information content (AvgIpc) is 3.15. The van der Waals surface area contributed by atoms with Gasteiger partial charge >= 0.3 is 0 Å². The molecule has 1 aromatic carbocycles. The average molecular weight is 472 g/mol. The van der Waals surface area contributed by atoms with Gasteiger partial charge in [0, 0.05) is 18.0 Å². The number of nitrogens with zero attached hydrogens (tertiary/aromatic N) is 2. The van der Waals surface area contributed by atoms with E-state index in [0.717, 1.165) is 40.8 Å². The molecule has 0 fully saturated rings. The van der Waals surface area contributed by atoms with E-state index in [0.29, 0.717) is 24.2 Å². The zero-order chi connectivity index (χ0) is 22.8. The summed E-state index contributed by atoms with van der Waals surface area (Å²) in [7, 11) is 1.63. The van der Waals surface area contributed by atoms with Crippen molar-refractivity contribution in [3.05, 3.63) is 50.6 Å². The van der Waals surface area contributed by atoms with E-state index in [2.05, 4.69) is 12.2 Å². The van der Waals surface area contributed by atoms with Crippen molar-refractivity contribution in [2.45, 2.75) is 63.5 Å². The number of amides is 1. The van der Waals surface area contributed by atoms with Crippen LogP contribution in [-0.2, 0) is 30.7 Å². The predicted molar refractivity (Wildman–Crippen MR) is 131 cm³/mol. The molecule has 0 aliphatic heterocycles. The van der Waals surface area contributed by atoms with Crippen molar-refractivity contribution < 1.29 is 9.53 Å². The van der Waals surface area contributed by atoms with Gasteiger partial charge in [-0.2, -0.15) is 0 Å². The Kier molecular flexibility index (Phi) is 6.90. The van der Waals surface area contributed by atoms with Gasteiger partial charge in [-0.25, -0.2) is 4.98 Å². The molecule has 8 heteroatoms. The molecule has 1 N–H and O–H groups in total. The number of hydrogen-bond acceptors (Lipinski definition) is 6. The van der Waals surface area contributed by atoms with E-state index in [9.17, 15) is 9.59 Å². The normalized spacial score (nSPS) is 16.6. The molecule has 6 nitrogen and oxygen atoms in total. The lowest BCUT2D eigenvalue weighted by molar-refractivity contribution is -0.120. The van der Waals surface area contributed by atoms with Crippen LogP contribution in [0.1, 0.15) is 43.2 Å². The van der Waals surface area contributed by atoms with Crippen molar-refractivity contribution in [2.75, 3.05) is 7.11 Å². The summed E-state index contributed by atoms with van der Waals surface area (Å²) in [6.45, 7) is 7.04. The molecule has 2 heterocycles. The van der Waals surface area contributed by atoms with E-state index in [1.165, 1.54) is 22.2 Å². The Balaban J connectivity index is 1.52. The number of thioether (sulfide) groups is 1. The fourth-order valence-corrected chi connectivity index (χ4v) is 6.48. The highest BCUT2D eigenvalue weighted by atomic mass is 32.2. The lowest BCUT2D eigenvalue weighted by atomic mass is 9.89. The topological polar surface area (TPSA) is 73.2 Å². The van der Waals surface area contributed by atoms with E-state index in [1.54, 1.807) is 23.0 Å². The number of aryl methyl sites for hydroxylation is 1. The summed E-state index contributed by atoms with van der Waals surface area (Å²) >= 11 is 2.99. The Labute approximate surface area is 196 Å². The maximum Gasteiger partial charge on any atom is 0.263 e. The van der Waals surface area contributed by atoms with Crippen LogP contribution in [0.4, 0.5) is 0 Å². The smallest absolute Gasteiger partial charge is 0.263 e. The van der Waals surface area contributed by atoms with Gasteiger partial charge in [-0.05, 0) is 62.3 Å². The minimum Gasteiger partial charge on any atom is -0.497 e. The highest BCUT2D eigenvalue weighted by Gasteiger charge is 2.25. The highest BCUT2D eigenvalue weighted by Crippen LogP contribution is 2.36. The third-order valence-corrected chi connectivity index (χ3v) is 8.21. The third-order valence-electron chi connectivity index (χ3n) is 5.97. The molecule has 1 aliphatic carbocycles. The van der Waals surface area contributed by atoms with E-state index in [4.69, 9.17) is 9.72 Å². The molecular weight excluding hydrogens is 442 g/mol. The van der Waals surface area contributed by atoms with Gasteiger partial charge in [0.1, 0.15) is 10.6 Å². The number of carbonyl (C=O) groups is 1. The van der Waals surface area contributed by atoms with Crippen molar-refractivity contribution in [1.82, 2.24) is 14.9 Å². The number of carbonyl (C=O) groups excluding carboxylic acids is 1. The summed E-state index contributed by atoms with van der Waals surface area (Å²) in [4.78, 5) is 33.0. The number of nitrogens with one attached hydrogen (secondary N) is 1. The summed E-state index contributed by atoms with van der Waals surface area (Å²) in [6.07, 6.45) is 3.09. The van der Waals surface area contributed by atoms with Gasteiger partial charge in [0.2, 0.25) is 5.91 Å². The van der Waals surface area contributed by atoms with Gasteiger partial charge in [-0.15, -0.1) is 11.3 Å². The third kappa shape index (κ3) is 4.57. The fraction of sp³-hybridized carbons (Fsp3) is 0.458. The summed E-state index contributed by atoms with van der Waals surface area (Å²) in [6, 6.07) is 7.61. The zero-order valence-corrected chi connectivity index (χ0v) is 20.6. The Hall–Kier alpha value is -2.32. The molecule has 0 bridgehead atoms. The SMILES string of the molecule is CCn1c(SC(C)C(=O)NCc2ccc(OC)cc2)nc2sc3c(c2c1=O)CCC(C)C3. The van der Waals surface area contributed by atoms with Crippen molar-refractivity contribution >= 4 is 39.2 Å². The van der Waals surface area contributed by atoms with Crippen LogP contribution < -0.4 is 15.6 Å². The van der Waals surface area contributed by atoms with Gasteiger partial charge in [0.25, 0.3) is 5.56 Å². The van der Waals surface area contributed by atoms with Gasteiger partial charge in [0.15, 0.2) is 5.16 Å². The quantitative estimate of drug-likeness (QED) is 0.408. The van der Waals surface area contributed by atoms with Crippen molar-refractivity contribution in [2.24, 2.45) is 5.92 Å². The molecular formula is C24H29N3O3S2.